The normalized spacial score (nSPS) is 10.7. The molecule has 6 heteroatoms. The van der Waals surface area contributed by atoms with Crippen LogP contribution in [0.1, 0.15) is 15.5 Å². The van der Waals surface area contributed by atoms with E-state index in [0.29, 0.717) is 18.8 Å². The first-order valence-electron chi connectivity index (χ1n) is 5.98. The minimum atomic E-state index is -0.0993. The molecular formula is C13H17N3O2S. The van der Waals surface area contributed by atoms with Crippen molar-refractivity contribution in [2.75, 3.05) is 20.3 Å². The number of carbonyl (C=O) groups is 1. The van der Waals surface area contributed by atoms with Gasteiger partial charge in [-0.05, 0) is 13.0 Å². The fourth-order valence-electron chi connectivity index (χ4n) is 1.78. The number of nitrogens with zero attached hydrogens (tertiary/aromatic N) is 2. The first-order chi connectivity index (χ1) is 9.11. The van der Waals surface area contributed by atoms with Gasteiger partial charge in [-0.25, -0.2) is 4.98 Å². The summed E-state index contributed by atoms with van der Waals surface area (Å²) in [5.74, 6) is -0.0993. The van der Waals surface area contributed by atoms with Crippen LogP contribution in [-0.4, -0.2) is 35.7 Å². The van der Waals surface area contributed by atoms with Crippen LogP contribution in [0.5, 0.6) is 0 Å². The van der Waals surface area contributed by atoms with E-state index in [1.807, 2.05) is 36.2 Å². The highest BCUT2D eigenvalue weighted by molar-refractivity contribution is 7.09. The Morgan fingerprint density at radius 3 is 3.00 bits per heavy atom. The molecule has 2 rings (SSSR count). The number of methoxy groups -OCH3 is 1. The van der Waals surface area contributed by atoms with E-state index >= 15 is 0 Å². The van der Waals surface area contributed by atoms with Gasteiger partial charge in [0, 0.05) is 37.8 Å². The van der Waals surface area contributed by atoms with Crippen molar-refractivity contribution in [2.24, 2.45) is 7.05 Å². The first kappa shape index (κ1) is 13.8. The second-order valence-corrected chi connectivity index (χ2v) is 5.29. The van der Waals surface area contributed by atoms with Gasteiger partial charge in [-0.1, -0.05) is 0 Å². The van der Waals surface area contributed by atoms with Crippen LogP contribution in [0.2, 0.25) is 0 Å². The average molecular weight is 279 g/mol. The van der Waals surface area contributed by atoms with Gasteiger partial charge in [-0.3, -0.25) is 4.79 Å². The van der Waals surface area contributed by atoms with E-state index in [2.05, 4.69) is 10.3 Å². The molecule has 0 aliphatic heterocycles. The largest absolute Gasteiger partial charge is 0.383 e. The predicted molar refractivity (Wildman–Crippen MR) is 75.5 cm³/mol. The third kappa shape index (κ3) is 3.21. The number of hydrogen-bond acceptors (Lipinski definition) is 4. The number of ether oxygens (including phenoxy) is 1. The second-order valence-electron chi connectivity index (χ2n) is 4.23. The molecular weight excluding hydrogens is 262 g/mol. The van der Waals surface area contributed by atoms with Crippen molar-refractivity contribution in [1.29, 1.82) is 0 Å². The minimum absolute atomic E-state index is 0.0993. The van der Waals surface area contributed by atoms with E-state index < -0.39 is 0 Å². The summed E-state index contributed by atoms with van der Waals surface area (Å²) in [7, 11) is 3.46. The van der Waals surface area contributed by atoms with Gasteiger partial charge in [0.15, 0.2) is 0 Å². The lowest BCUT2D eigenvalue weighted by Gasteiger charge is -2.04. The number of carbonyl (C=O) groups excluding carboxylic acids is 1. The summed E-state index contributed by atoms with van der Waals surface area (Å²) in [6, 6.07) is 1.86. The summed E-state index contributed by atoms with van der Waals surface area (Å²) >= 11 is 1.60. The fourth-order valence-corrected chi connectivity index (χ4v) is 2.41. The predicted octanol–water partition coefficient (Wildman–Crippen LogP) is 1.83. The molecule has 0 aliphatic carbocycles. The molecule has 2 aromatic rings. The van der Waals surface area contributed by atoms with Crippen LogP contribution < -0.4 is 5.32 Å². The number of hydrogen-bond donors (Lipinski definition) is 1. The zero-order valence-electron chi connectivity index (χ0n) is 11.3. The third-order valence-corrected chi connectivity index (χ3v) is 3.52. The fraction of sp³-hybridized carbons (Fsp3) is 0.385. The van der Waals surface area contributed by atoms with Gasteiger partial charge >= 0.3 is 0 Å². The van der Waals surface area contributed by atoms with Gasteiger partial charge in [0.25, 0.3) is 5.91 Å². The number of rotatable bonds is 5. The van der Waals surface area contributed by atoms with Gasteiger partial charge in [-0.15, -0.1) is 11.3 Å². The maximum atomic E-state index is 12.0. The van der Waals surface area contributed by atoms with Crippen LogP contribution in [0, 0.1) is 6.92 Å². The van der Waals surface area contributed by atoms with Gasteiger partial charge in [0.2, 0.25) is 0 Å². The molecule has 2 heterocycles. The summed E-state index contributed by atoms with van der Waals surface area (Å²) in [4.78, 5) is 16.4. The van der Waals surface area contributed by atoms with Crippen molar-refractivity contribution in [3.05, 3.63) is 28.3 Å². The zero-order chi connectivity index (χ0) is 13.8. The molecule has 0 aliphatic rings. The maximum Gasteiger partial charge on any atom is 0.267 e. The molecule has 102 valence electrons. The molecule has 1 N–H and O–H groups in total. The quantitative estimate of drug-likeness (QED) is 0.850. The van der Waals surface area contributed by atoms with E-state index in [1.54, 1.807) is 18.4 Å². The summed E-state index contributed by atoms with van der Waals surface area (Å²) < 4.78 is 6.72. The zero-order valence-corrected chi connectivity index (χ0v) is 12.1. The number of aryl methyl sites for hydroxylation is 2. The molecule has 5 nitrogen and oxygen atoms in total. The topological polar surface area (TPSA) is 56.1 Å². The Morgan fingerprint density at radius 1 is 1.58 bits per heavy atom. The van der Waals surface area contributed by atoms with Gasteiger partial charge in [-0.2, -0.15) is 0 Å². The molecule has 0 bridgehead atoms. The van der Waals surface area contributed by atoms with Crippen LogP contribution in [0.4, 0.5) is 0 Å². The molecule has 0 radical (unpaired) electrons. The Labute approximate surface area is 116 Å². The van der Waals surface area contributed by atoms with E-state index in [-0.39, 0.29) is 5.91 Å². The third-order valence-electron chi connectivity index (χ3n) is 2.74. The van der Waals surface area contributed by atoms with Crippen molar-refractivity contribution in [3.8, 4) is 11.3 Å². The molecule has 0 saturated heterocycles. The minimum Gasteiger partial charge on any atom is -0.383 e. The van der Waals surface area contributed by atoms with Gasteiger partial charge in [0.1, 0.15) is 5.69 Å². The van der Waals surface area contributed by atoms with Crippen LogP contribution in [0.25, 0.3) is 11.3 Å². The summed E-state index contributed by atoms with van der Waals surface area (Å²) in [5.41, 5.74) is 2.49. The maximum absolute atomic E-state index is 12.0. The Hall–Kier alpha value is -1.66. The Balaban J connectivity index is 2.14. The van der Waals surface area contributed by atoms with Crippen LogP contribution in [-0.2, 0) is 11.8 Å². The van der Waals surface area contributed by atoms with Crippen molar-refractivity contribution in [2.45, 2.75) is 6.92 Å². The number of amides is 1. The molecule has 0 fully saturated rings. The monoisotopic (exact) mass is 279 g/mol. The SMILES string of the molecule is COCCNC(=O)c1cc(-c2csc(C)n2)cn1C. The van der Waals surface area contributed by atoms with E-state index in [1.165, 1.54) is 0 Å². The van der Waals surface area contributed by atoms with Gasteiger partial charge < -0.3 is 14.6 Å². The molecule has 0 unspecified atom stereocenters. The second kappa shape index (κ2) is 5.99. The number of thiazole rings is 1. The van der Waals surface area contributed by atoms with Crippen LogP contribution >= 0.6 is 11.3 Å². The van der Waals surface area contributed by atoms with Crippen LogP contribution in [0.15, 0.2) is 17.6 Å². The van der Waals surface area contributed by atoms with Crippen molar-refractivity contribution in [1.82, 2.24) is 14.9 Å². The molecule has 1 amide bonds. The summed E-state index contributed by atoms with van der Waals surface area (Å²) in [5, 5.41) is 5.82. The van der Waals surface area contributed by atoms with E-state index in [4.69, 9.17) is 4.74 Å². The lowest BCUT2D eigenvalue weighted by atomic mass is 10.2. The Bertz CT molecular complexity index is 574. The van der Waals surface area contributed by atoms with Crippen molar-refractivity contribution in [3.63, 3.8) is 0 Å². The molecule has 0 saturated carbocycles. The van der Waals surface area contributed by atoms with Gasteiger partial charge in [0.05, 0.1) is 17.3 Å². The molecule has 2 aromatic heterocycles. The standard InChI is InChI=1S/C13H17N3O2S/c1-9-15-11(8-19-9)10-6-12(16(2)7-10)13(17)14-4-5-18-3/h6-8H,4-5H2,1-3H3,(H,14,17). The Kier molecular flexibility index (Phi) is 4.34. The van der Waals surface area contributed by atoms with Crippen molar-refractivity contribution >= 4 is 17.2 Å². The highest BCUT2D eigenvalue weighted by Crippen LogP contribution is 2.23. The van der Waals surface area contributed by atoms with Crippen molar-refractivity contribution < 1.29 is 9.53 Å². The lowest BCUT2D eigenvalue weighted by Crippen LogP contribution is -2.28. The van der Waals surface area contributed by atoms with Crippen LogP contribution in [0.3, 0.4) is 0 Å². The highest BCUT2D eigenvalue weighted by Gasteiger charge is 2.13. The Morgan fingerprint density at radius 2 is 2.37 bits per heavy atom. The molecule has 0 atom stereocenters. The highest BCUT2D eigenvalue weighted by atomic mass is 32.1. The summed E-state index contributed by atoms with van der Waals surface area (Å²) in [6.45, 7) is 2.98. The smallest absolute Gasteiger partial charge is 0.267 e. The number of nitrogens with one attached hydrogen (secondary N) is 1. The molecule has 19 heavy (non-hydrogen) atoms. The lowest BCUT2D eigenvalue weighted by molar-refractivity contribution is 0.0929. The average Bonchev–Trinajstić information content (AvgIpc) is 2.95. The van der Waals surface area contributed by atoms with E-state index in [9.17, 15) is 4.79 Å². The molecule has 0 aromatic carbocycles. The first-order valence-corrected chi connectivity index (χ1v) is 6.86. The van der Waals surface area contributed by atoms with E-state index in [0.717, 1.165) is 16.3 Å². The summed E-state index contributed by atoms with van der Waals surface area (Å²) in [6.07, 6.45) is 1.92. The number of aromatic nitrogens is 2. The molecule has 0 spiro atoms.